The number of hydrogen-bond donors (Lipinski definition) is 0. The third kappa shape index (κ3) is 3.48. The Bertz CT molecular complexity index is 588. The molecule has 0 aliphatic carbocycles. The van der Waals surface area contributed by atoms with Gasteiger partial charge < -0.3 is 0 Å². The number of thioether (sulfide) groups is 1. The Labute approximate surface area is 119 Å². The fraction of sp³-hybridized carbons (Fsp3) is 0.235. The minimum absolute atomic E-state index is 0.203. The highest BCUT2D eigenvalue weighted by molar-refractivity contribution is 8.00. The molecule has 0 bridgehead atoms. The van der Waals surface area contributed by atoms with Crippen molar-refractivity contribution in [1.29, 1.82) is 0 Å². The van der Waals surface area contributed by atoms with Crippen LogP contribution in [0.15, 0.2) is 47.4 Å². The van der Waals surface area contributed by atoms with Gasteiger partial charge >= 0.3 is 0 Å². The van der Waals surface area contributed by atoms with Gasteiger partial charge in [-0.2, -0.15) is 0 Å². The molecule has 0 aliphatic heterocycles. The van der Waals surface area contributed by atoms with Crippen LogP contribution in [0.25, 0.3) is 0 Å². The van der Waals surface area contributed by atoms with Gasteiger partial charge in [0.05, 0.1) is 5.75 Å². The molecule has 0 fully saturated rings. The van der Waals surface area contributed by atoms with Gasteiger partial charge in [0.1, 0.15) is 0 Å². The molecule has 2 heteroatoms. The Morgan fingerprint density at radius 1 is 0.947 bits per heavy atom. The molecule has 2 aromatic carbocycles. The van der Waals surface area contributed by atoms with E-state index in [-0.39, 0.29) is 5.78 Å². The predicted octanol–water partition coefficient (Wildman–Crippen LogP) is 4.59. The van der Waals surface area contributed by atoms with Gasteiger partial charge in [0.25, 0.3) is 0 Å². The van der Waals surface area contributed by atoms with Crippen molar-refractivity contribution in [3.8, 4) is 0 Å². The molecule has 0 aliphatic rings. The number of hydrogen-bond acceptors (Lipinski definition) is 2. The third-order valence-electron chi connectivity index (χ3n) is 3.25. The van der Waals surface area contributed by atoms with Crippen molar-refractivity contribution >= 4 is 17.5 Å². The highest BCUT2D eigenvalue weighted by atomic mass is 32.2. The molecule has 0 radical (unpaired) electrons. The van der Waals surface area contributed by atoms with Crippen LogP contribution in [0.3, 0.4) is 0 Å². The molecule has 19 heavy (non-hydrogen) atoms. The summed E-state index contributed by atoms with van der Waals surface area (Å²) < 4.78 is 0. The average Bonchev–Trinajstić information content (AvgIpc) is 2.41. The number of benzene rings is 2. The molecule has 1 nitrogen and oxygen atoms in total. The van der Waals surface area contributed by atoms with Crippen LogP contribution in [0.5, 0.6) is 0 Å². The van der Waals surface area contributed by atoms with Crippen molar-refractivity contribution in [2.45, 2.75) is 25.7 Å². The van der Waals surface area contributed by atoms with E-state index >= 15 is 0 Å². The first-order chi connectivity index (χ1) is 9.08. The summed E-state index contributed by atoms with van der Waals surface area (Å²) in [5.41, 5.74) is 4.34. The molecule has 0 atom stereocenters. The van der Waals surface area contributed by atoms with Crippen molar-refractivity contribution in [1.82, 2.24) is 0 Å². The molecule has 2 rings (SSSR count). The lowest BCUT2D eigenvalue weighted by atomic mass is 9.99. The lowest BCUT2D eigenvalue weighted by Crippen LogP contribution is -2.06. The average molecular weight is 270 g/mol. The first kappa shape index (κ1) is 13.9. The maximum atomic E-state index is 12.3. The van der Waals surface area contributed by atoms with Crippen molar-refractivity contribution in [2.24, 2.45) is 0 Å². The van der Waals surface area contributed by atoms with Gasteiger partial charge in [-0.3, -0.25) is 4.79 Å². The van der Waals surface area contributed by atoms with E-state index < -0.39 is 0 Å². The molecule has 0 amide bonds. The van der Waals surface area contributed by atoms with E-state index in [1.807, 2.05) is 43.3 Å². The topological polar surface area (TPSA) is 17.1 Å². The van der Waals surface area contributed by atoms with E-state index in [2.05, 4.69) is 19.9 Å². The summed E-state index contributed by atoms with van der Waals surface area (Å²) in [5, 5.41) is 0. The first-order valence-corrected chi connectivity index (χ1v) is 7.35. The summed E-state index contributed by atoms with van der Waals surface area (Å²) in [6, 6.07) is 14.1. The zero-order valence-corrected chi connectivity index (χ0v) is 12.4. The van der Waals surface area contributed by atoms with E-state index in [4.69, 9.17) is 0 Å². The zero-order valence-electron chi connectivity index (χ0n) is 11.6. The predicted molar refractivity (Wildman–Crippen MR) is 82.1 cm³/mol. The molecule has 0 unspecified atom stereocenters. The van der Waals surface area contributed by atoms with E-state index in [0.29, 0.717) is 5.75 Å². The maximum absolute atomic E-state index is 12.3. The molecule has 0 saturated heterocycles. The maximum Gasteiger partial charge on any atom is 0.173 e. The Kier molecular flexibility index (Phi) is 4.43. The molecular formula is C17H18OS. The third-order valence-corrected chi connectivity index (χ3v) is 4.27. The molecule has 0 aromatic heterocycles. The van der Waals surface area contributed by atoms with Crippen molar-refractivity contribution < 1.29 is 4.79 Å². The van der Waals surface area contributed by atoms with E-state index in [1.54, 1.807) is 11.8 Å². The second-order valence-electron chi connectivity index (χ2n) is 4.78. The van der Waals surface area contributed by atoms with Crippen LogP contribution in [-0.2, 0) is 0 Å². The quantitative estimate of drug-likeness (QED) is 0.597. The van der Waals surface area contributed by atoms with Gasteiger partial charge in [-0.25, -0.2) is 0 Å². The summed E-state index contributed by atoms with van der Waals surface area (Å²) in [7, 11) is 0. The number of ketones is 1. The molecule has 98 valence electrons. The normalized spacial score (nSPS) is 10.5. The van der Waals surface area contributed by atoms with E-state index in [1.165, 1.54) is 11.1 Å². The second kappa shape index (κ2) is 6.07. The number of aryl methyl sites for hydroxylation is 3. The largest absolute Gasteiger partial charge is 0.293 e. The summed E-state index contributed by atoms with van der Waals surface area (Å²) in [6.45, 7) is 6.14. The molecular weight excluding hydrogens is 252 g/mol. The SMILES string of the molecule is Cc1cc(C)c(C(=O)CSc2ccccc2)cc1C. The van der Waals surface area contributed by atoms with Crippen LogP contribution in [-0.4, -0.2) is 11.5 Å². The van der Waals surface area contributed by atoms with Gasteiger partial charge in [0.15, 0.2) is 5.78 Å². The fourth-order valence-corrected chi connectivity index (χ4v) is 2.81. The number of Topliss-reactive ketones (excluding diaryl/α,β-unsaturated/α-hetero) is 1. The molecule has 2 aromatic rings. The fourth-order valence-electron chi connectivity index (χ4n) is 2.00. The highest BCUT2D eigenvalue weighted by Crippen LogP contribution is 2.21. The molecule has 0 heterocycles. The monoisotopic (exact) mass is 270 g/mol. The lowest BCUT2D eigenvalue weighted by Gasteiger charge is -2.09. The first-order valence-electron chi connectivity index (χ1n) is 6.37. The standard InChI is InChI=1S/C17H18OS/c1-12-9-14(3)16(10-13(12)2)17(18)11-19-15-7-5-4-6-8-15/h4-10H,11H2,1-3H3. The molecule has 0 spiro atoms. The number of carbonyl (C=O) groups excluding carboxylic acids is 1. The van der Waals surface area contributed by atoms with Crippen LogP contribution >= 0.6 is 11.8 Å². The molecule has 0 saturated carbocycles. The minimum Gasteiger partial charge on any atom is -0.293 e. The lowest BCUT2D eigenvalue weighted by molar-refractivity contribution is 0.102. The van der Waals surface area contributed by atoms with E-state index in [0.717, 1.165) is 16.0 Å². The Morgan fingerprint density at radius 3 is 2.26 bits per heavy atom. The van der Waals surface area contributed by atoms with Gasteiger partial charge in [-0.15, -0.1) is 11.8 Å². The zero-order chi connectivity index (χ0) is 13.8. The summed E-state index contributed by atoms with van der Waals surface area (Å²) in [6.07, 6.45) is 0. The van der Waals surface area contributed by atoms with Gasteiger partial charge in [0, 0.05) is 10.5 Å². The van der Waals surface area contributed by atoms with Gasteiger partial charge in [-0.05, 0) is 55.7 Å². The summed E-state index contributed by atoms with van der Waals surface area (Å²) in [5.74, 6) is 0.697. The van der Waals surface area contributed by atoms with Crippen molar-refractivity contribution in [2.75, 3.05) is 5.75 Å². The molecule has 0 N–H and O–H groups in total. The highest BCUT2D eigenvalue weighted by Gasteiger charge is 2.11. The Hall–Kier alpha value is -1.54. The number of carbonyl (C=O) groups is 1. The Morgan fingerprint density at radius 2 is 1.58 bits per heavy atom. The smallest absolute Gasteiger partial charge is 0.173 e. The van der Waals surface area contributed by atoms with Crippen LogP contribution in [0.1, 0.15) is 27.0 Å². The number of rotatable bonds is 4. The van der Waals surface area contributed by atoms with Crippen LogP contribution in [0.2, 0.25) is 0 Å². The van der Waals surface area contributed by atoms with Crippen LogP contribution in [0.4, 0.5) is 0 Å². The summed E-state index contributed by atoms with van der Waals surface area (Å²) >= 11 is 1.59. The van der Waals surface area contributed by atoms with Crippen LogP contribution < -0.4 is 0 Å². The van der Waals surface area contributed by atoms with Gasteiger partial charge in [-0.1, -0.05) is 24.3 Å². The van der Waals surface area contributed by atoms with Crippen molar-refractivity contribution in [3.05, 3.63) is 64.7 Å². The Balaban J connectivity index is 2.10. The second-order valence-corrected chi connectivity index (χ2v) is 5.83. The van der Waals surface area contributed by atoms with Gasteiger partial charge in [0.2, 0.25) is 0 Å². The van der Waals surface area contributed by atoms with Crippen molar-refractivity contribution in [3.63, 3.8) is 0 Å². The van der Waals surface area contributed by atoms with Crippen LogP contribution in [0, 0.1) is 20.8 Å². The summed E-state index contributed by atoms with van der Waals surface area (Å²) in [4.78, 5) is 13.4. The van der Waals surface area contributed by atoms with E-state index in [9.17, 15) is 4.79 Å². The minimum atomic E-state index is 0.203.